The molecule has 0 atom stereocenters. The predicted molar refractivity (Wildman–Crippen MR) is 53.7 cm³/mol. The Balaban J connectivity index is 2.17. The maximum absolute atomic E-state index is 5.58. The number of benzene rings is 1. The van der Waals surface area contributed by atoms with E-state index in [4.69, 9.17) is 4.74 Å². The quantitative estimate of drug-likeness (QED) is 0.590. The van der Waals surface area contributed by atoms with Gasteiger partial charge in [-0.3, -0.25) is 0 Å². The van der Waals surface area contributed by atoms with Crippen LogP contribution in [0.4, 0.5) is 0 Å². The monoisotopic (exact) mass is 176 g/mol. The van der Waals surface area contributed by atoms with Gasteiger partial charge < -0.3 is 4.74 Å². The Hall–Kier alpha value is -0.820. The molecule has 1 aliphatic rings. The molecule has 0 amide bonds. The topological polar surface area (TPSA) is 9.23 Å². The molecule has 0 saturated carbocycles. The van der Waals surface area contributed by atoms with E-state index in [2.05, 4.69) is 24.3 Å². The van der Waals surface area contributed by atoms with E-state index < -0.39 is 0 Å². The van der Waals surface area contributed by atoms with Crippen molar-refractivity contribution < 1.29 is 4.74 Å². The van der Waals surface area contributed by atoms with Crippen LogP contribution < -0.4 is 0 Å². The van der Waals surface area contributed by atoms with Crippen LogP contribution >= 0.6 is 0 Å². The Labute approximate surface area is 79.7 Å². The first-order valence-electron chi connectivity index (χ1n) is 5.11. The standard InChI is InChI=1S/C12H16O/c1-2-6-11-7-3-4-8-12(11)10-13-9-5-1/h3-4,7-8H,1-2,5-6,9-10H2. The van der Waals surface area contributed by atoms with E-state index in [-0.39, 0.29) is 0 Å². The van der Waals surface area contributed by atoms with E-state index in [1.807, 2.05) is 0 Å². The second kappa shape index (κ2) is 4.43. The van der Waals surface area contributed by atoms with Crippen LogP contribution in [0.1, 0.15) is 30.4 Å². The highest BCUT2D eigenvalue weighted by atomic mass is 16.5. The number of aryl methyl sites for hydroxylation is 1. The zero-order chi connectivity index (χ0) is 8.93. The van der Waals surface area contributed by atoms with E-state index in [0.29, 0.717) is 0 Å². The van der Waals surface area contributed by atoms with Crippen molar-refractivity contribution in [3.63, 3.8) is 0 Å². The lowest BCUT2D eigenvalue weighted by atomic mass is 10.0. The van der Waals surface area contributed by atoms with Crippen LogP contribution in [0.25, 0.3) is 0 Å². The average Bonchev–Trinajstić information content (AvgIpc) is 2.28. The van der Waals surface area contributed by atoms with Gasteiger partial charge in [-0.05, 0) is 30.4 Å². The number of hydrogen-bond donors (Lipinski definition) is 0. The first-order chi connectivity index (χ1) is 6.47. The largest absolute Gasteiger partial charge is 0.377 e. The Kier molecular flexibility index (Phi) is 2.98. The van der Waals surface area contributed by atoms with Gasteiger partial charge in [-0.1, -0.05) is 30.7 Å². The van der Waals surface area contributed by atoms with E-state index >= 15 is 0 Å². The third-order valence-electron chi connectivity index (χ3n) is 2.61. The van der Waals surface area contributed by atoms with Gasteiger partial charge in [0.25, 0.3) is 0 Å². The predicted octanol–water partition coefficient (Wildman–Crippen LogP) is 2.93. The molecular weight excluding hydrogens is 160 g/mol. The van der Waals surface area contributed by atoms with Crippen molar-refractivity contribution in [1.29, 1.82) is 0 Å². The van der Waals surface area contributed by atoms with Crippen molar-refractivity contribution in [2.24, 2.45) is 0 Å². The van der Waals surface area contributed by atoms with Gasteiger partial charge in [-0.25, -0.2) is 0 Å². The fourth-order valence-electron chi connectivity index (χ4n) is 1.82. The molecule has 0 spiro atoms. The van der Waals surface area contributed by atoms with Crippen molar-refractivity contribution in [2.45, 2.75) is 32.3 Å². The summed E-state index contributed by atoms with van der Waals surface area (Å²) in [6, 6.07) is 8.63. The Morgan fingerprint density at radius 3 is 2.69 bits per heavy atom. The molecule has 0 aromatic heterocycles. The third-order valence-corrected chi connectivity index (χ3v) is 2.61. The van der Waals surface area contributed by atoms with Gasteiger partial charge in [0.05, 0.1) is 6.61 Å². The van der Waals surface area contributed by atoms with Gasteiger partial charge in [0, 0.05) is 6.61 Å². The second-order valence-electron chi connectivity index (χ2n) is 3.63. The van der Waals surface area contributed by atoms with Crippen molar-refractivity contribution in [2.75, 3.05) is 6.61 Å². The zero-order valence-corrected chi connectivity index (χ0v) is 7.96. The second-order valence-corrected chi connectivity index (χ2v) is 3.63. The fraction of sp³-hybridized carbons (Fsp3) is 0.500. The molecule has 1 heterocycles. The number of hydrogen-bond acceptors (Lipinski definition) is 1. The summed E-state index contributed by atoms with van der Waals surface area (Å²) in [6.07, 6.45) is 5.04. The normalized spacial score (nSPS) is 18.2. The van der Waals surface area contributed by atoms with Crippen molar-refractivity contribution in [3.8, 4) is 0 Å². The zero-order valence-electron chi connectivity index (χ0n) is 7.96. The summed E-state index contributed by atoms with van der Waals surface area (Å²) in [5, 5.41) is 0. The van der Waals surface area contributed by atoms with Crippen molar-refractivity contribution >= 4 is 0 Å². The summed E-state index contributed by atoms with van der Waals surface area (Å²) in [5.41, 5.74) is 2.86. The van der Waals surface area contributed by atoms with Gasteiger partial charge >= 0.3 is 0 Å². The minimum Gasteiger partial charge on any atom is -0.377 e. The van der Waals surface area contributed by atoms with Crippen LogP contribution in [-0.2, 0) is 17.8 Å². The Morgan fingerprint density at radius 1 is 0.923 bits per heavy atom. The average molecular weight is 176 g/mol. The molecule has 1 nitrogen and oxygen atoms in total. The van der Waals surface area contributed by atoms with E-state index in [1.165, 1.54) is 36.8 Å². The number of ether oxygens (including phenoxy) is 1. The highest BCUT2D eigenvalue weighted by Gasteiger charge is 2.04. The van der Waals surface area contributed by atoms with Gasteiger partial charge in [0.15, 0.2) is 0 Å². The van der Waals surface area contributed by atoms with Gasteiger partial charge in [0.1, 0.15) is 0 Å². The van der Waals surface area contributed by atoms with Crippen LogP contribution in [0, 0.1) is 0 Å². The minimum absolute atomic E-state index is 0.802. The summed E-state index contributed by atoms with van der Waals surface area (Å²) < 4.78 is 5.58. The lowest BCUT2D eigenvalue weighted by molar-refractivity contribution is 0.118. The van der Waals surface area contributed by atoms with Crippen LogP contribution in [0.3, 0.4) is 0 Å². The summed E-state index contributed by atoms with van der Waals surface area (Å²) in [6.45, 7) is 1.73. The maximum atomic E-state index is 5.58. The molecule has 2 rings (SSSR count). The summed E-state index contributed by atoms with van der Waals surface area (Å²) >= 11 is 0. The lowest BCUT2D eigenvalue weighted by Crippen LogP contribution is -1.96. The molecule has 1 heteroatoms. The molecule has 0 radical (unpaired) electrons. The smallest absolute Gasteiger partial charge is 0.0719 e. The molecule has 1 aromatic carbocycles. The van der Waals surface area contributed by atoms with Crippen molar-refractivity contribution in [3.05, 3.63) is 35.4 Å². The first-order valence-corrected chi connectivity index (χ1v) is 5.11. The van der Waals surface area contributed by atoms with E-state index in [9.17, 15) is 0 Å². The molecule has 0 fully saturated rings. The molecule has 70 valence electrons. The van der Waals surface area contributed by atoms with Crippen LogP contribution in [0.2, 0.25) is 0 Å². The minimum atomic E-state index is 0.802. The molecular formula is C12H16O. The van der Waals surface area contributed by atoms with Crippen LogP contribution in [0.5, 0.6) is 0 Å². The summed E-state index contributed by atoms with van der Waals surface area (Å²) in [5.74, 6) is 0. The molecule has 1 aliphatic heterocycles. The molecule has 0 bridgehead atoms. The molecule has 0 unspecified atom stereocenters. The Morgan fingerprint density at radius 2 is 1.77 bits per heavy atom. The lowest BCUT2D eigenvalue weighted by Gasteiger charge is -2.06. The first kappa shape index (κ1) is 8.76. The van der Waals surface area contributed by atoms with Gasteiger partial charge in [-0.15, -0.1) is 0 Å². The summed E-state index contributed by atoms with van der Waals surface area (Å²) in [7, 11) is 0. The fourth-order valence-corrected chi connectivity index (χ4v) is 1.82. The van der Waals surface area contributed by atoms with Gasteiger partial charge in [-0.2, -0.15) is 0 Å². The van der Waals surface area contributed by atoms with E-state index in [1.54, 1.807) is 0 Å². The molecule has 1 aromatic rings. The third kappa shape index (κ3) is 2.31. The van der Waals surface area contributed by atoms with E-state index in [0.717, 1.165) is 13.2 Å². The number of rotatable bonds is 0. The SMILES string of the molecule is c1ccc2c(c1)CCCCCOC2. The van der Waals surface area contributed by atoms with Crippen molar-refractivity contribution in [1.82, 2.24) is 0 Å². The van der Waals surface area contributed by atoms with Gasteiger partial charge in [0.2, 0.25) is 0 Å². The summed E-state index contributed by atoms with van der Waals surface area (Å²) in [4.78, 5) is 0. The molecule has 0 saturated heterocycles. The molecule has 0 N–H and O–H groups in total. The van der Waals surface area contributed by atoms with Crippen LogP contribution in [-0.4, -0.2) is 6.61 Å². The maximum Gasteiger partial charge on any atom is 0.0719 e. The molecule has 0 aliphatic carbocycles. The molecule has 13 heavy (non-hydrogen) atoms. The highest BCUT2D eigenvalue weighted by molar-refractivity contribution is 5.26. The Bertz CT molecular complexity index is 241. The highest BCUT2D eigenvalue weighted by Crippen LogP contribution is 2.16. The number of fused-ring (bicyclic) bond motifs is 1. The van der Waals surface area contributed by atoms with Crippen LogP contribution in [0.15, 0.2) is 24.3 Å².